The van der Waals surface area contributed by atoms with Gasteiger partial charge in [0.25, 0.3) is 5.91 Å². The summed E-state index contributed by atoms with van der Waals surface area (Å²) in [4.78, 5) is 18.2. The molecule has 3 aromatic rings. The number of anilines is 2. The van der Waals surface area contributed by atoms with Gasteiger partial charge in [0.1, 0.15) is 11.6 Å². The minimum Gasteiger partial charge on any atom is -0.345 e. The Morgan fingerprint density at radius 2 is 1.86 bits per heavy atom. The number of benzene rings is 2. The Labute approximate surface area is 163 Å². The number of carbonyl (C=O) groups excluding carboxylic acids is 1. The Balaban J connectivity index is 1.55. The largest absolute Gasteiger partial charge is 0.345 e. The van der Waals surface area contributed by atoms with E-state index in [9.17, 15) is 9.18 Å². The summed E-state index contributed by atoms with van der Waals surface area (Å²) in [6.45, 7) is 0.817. The van der Waals surface area contributed by atoms with Crippen LogP contribution in [0.25, 0.3) is 0 Å². The fourth-order valence-electron chi connectivity index (χ4n) is 3.50. The number of fused-ring (bicyclic) bond motifs is 1. The predicted octanol–water partition coefficient (Wildman–Crippen LogP) is 3.79. The standard InChI is InChI=1S/C21H22FN5O/c1-26(2)20(28)15-7-11-17(12-8-15)23-21-24-19-18(4-3-13-27(19)25-21)14-5-9-16(22)10-6-14/h5-12,18H,3-4,13H2,1-2H3,(H,23,25). The third kappa shape index (κ3) is 3.60. The van der Waals surface area contributed by atoms with Crippen molar-refractivity contribution in [2.75, 3.05) is 19.4 Å². The van der Waals surface area contributed by atoms with Crippen LogP contribution in [0, 0.1) is 5.82 Å². The van der Waals surface area contributed by atoms with Gasteiger partial charge in [-0.05, 0) is 54.8 Å². The lowest BCUT2D eigenvalue weighted by Crippen LogP contribution is -2.21. The summed E-state index contributed by atoms with van der Waals surface area (Å²) >= 11 is 0. The van der Waals surface area contributed by atoms with Gasteiger partial charge in [-0.25, -0.2) is 9.07 Å². The molecule has 1 aliphatic heterocycles. The quantitative estimate of drug-likeness (QED) is 0.749. The van der Waals surface area contributed by atoms with Gasteiger partial charge in [0, 0.05) is 37.8 Å². The average molecular weight is 379 g/mol. The highest BCUT2D eigenvalue weighted by molar-refractivity contribution is 5.94. The molecule has 2 heterocycles. The second-order valence-corrected chi connectivity index (χ2v) is 7.17. The molecule has 0 aliphatic carbocycles. The molecule has 1 unspecified atom stereocenters. The van der Waals surface area contributed by atoms with Gasteiger partial charge in [-0.15, -0.1) is 5.10 Å². The van der Waals surface area contributed by atoms with Crippen molar-refractivity contribution in [1.82, 2.24) is 19.7 Å². The van der Waals surface area contributed by atoms with Crippen molar-refractivity contribution in [2.45, 2.75) is 25.3 Å². The normalized spacial score (nSPS) is 15.8. The lowest BCUT2D eigenvalue weighted by molar-refractivity contribution is 0.0827. The van der Waals surface area contributed by atoms with E-state index in [0.29, 0.717) is 11.5 Å². The SMILES string of the molecule is CN(C)C(=O)c1ccc(Nc2nc3n(n2)CCCC3c2ccc(F)cc2)cc1. The molecule has 144 valence electrons. The summed E-state index contributed by atoms with van der Waals surface area (Å²) < 4.78 is 15.2. The molecule has 6 nitrogen and oxygen atoms in total. The van der Waals surface area contributed by atoms with Crippen molar-refractivity contribution in [2.24, 2.45) is 0 Å². The van der Waals surface area contributed by atoms with Crippen molar-refractivity contribution < 1.29 is 9.18 Å². The number of aryl methyl sites for hydroxylation is 1. The third-order valence-electron chi connectivity index (χ3n) is 4.94. The summed E-state index contributed by atoms with van der Waals surface area (Å²) in [5.41, 5.74) is 2.49. The predicted molar refractivity (Wildman–Crippen MR) is 105 cm³/mol. The molecule has 28 heavy (non-hydrogen) atoms. The minimum absolute atomic E-state index is 0.0377. The first-order chi connectivity index (χ1) is 13.5. The molecule has 1 aromatic heterocycles. The third-order valence-corrected chi connectivity index (χ3v) is 4.94. The second-order valence-electron chi connectivity index (χ2n) is 7.17. The minimum atomic E-state index is -0.237. The molecule has 1 atom stereocenters. The van der Waals surface area contributed by atoms with Crippen molar-refractivity contribution >= 4 is 17.5 Å². The summed E-state index contributed by atoms with van der Waals surface area (Å²) in [7, 11) is 3.46. The zero-order chi connectivity index (χ0) is 19.7. The molecule has 4 rings (SSSR count). The number of hydrogen-bond donors (Lipinski definition) is 1. The van der Waals surface area contributed by atoms with E-state index in [2.05, 4.69) is 15.4 Å². The van der Waals surface area contributed by atoms with Gasteiger partial charge in [-0.2, -0.15) is 4.98 Å². The van der Waals surface area contributed by atoms with E-state index in [1.54, 1.807) is 31.1 Å². The molecular weight excluding hydrogens is 357 g/mol. The van der Waals surface area contributed by atoms with Crippen LogP contribution in [0.5, 0.6) is 0 Å². The maximum atomic E-state index is 13.3. The molecule has 0 saturated heterocycles. The van der Waals surface area contributed by atoms with Crippen molar-refractivity contribution in [3.8, 4) is 0 Å². The van der Waals surface area contributed by atoms with Gasteiger partial charge in [0.05, 0.1) is 0 Å². The Morgan fingerprint density at radius 1 is 1.14 bits per heavy atom. The zero-order valence-corrected chi connectivity index (χ0v) is 15.9. The van der Waals surface area contributed by atoms with Crippen LogP contribution in [-0.4, -0.2) is 39.7 Å². The second kappa shape index (κ2) is 7.42. The first-order valence-electron chi connectivity index (χ1n) is 9.30. The van der Waals surface area contributed by atoms with Crippen molar-refractivity contribution in [3.63, 3.8) is 0 Å². The Hall–Kier alpha value is -3.22. The molecule has 0 radical (unpaired) electrons. The molecule has 0 fully saturated rings. The van der Waals surface area contributed by atoms with Gasteiger partial charge in [0.15, 0.2) is 0 Å². The first kappa shape index (κ1) is 18.2. The Bertz CT molecular complexity index is 979. The molecule has 1 amide bonds. The molecule has 2 aromatic carbocycles. The number of rotatable bonds is 4. The van der Waals surface area contributed by atoms with E-state index in [1.807, 2.05) is 28.9 Å². The highest BCUT2D eigenvalue weighted by atomic mass is 19.1. The maximum Gasteiger partial charge on any atom is 0.253 e. The highest BCUT2D eigenvalue weighted by Gasteiger charge is 2.26. The molecule has 7 heteroatoms. The van der Waals surface area contributed by atoms with Crippen LogP contribution in [-0.2, 0) is 6.54 Å². The van der Waals surface area contributed by atoms with Crippen LogP contribution in [0.15, 0.2) is 48.5 Å². The number of nitrogens with zero attached hydrogens (tertiary/aromatic N) is 4. The Kier molecular flexibility index (Phi) is 4.81. The first-order valence-corrected chi connectivity index (χ1v) is 9.30. The highest BCUT2D eigenvalue weighted by Crippen LogP contribution is 2.33. The van der Waals surface area contributed by atoms with E-state index in [-0.39, 0.29) is 17.6 Å². The van der Waals surface area contributed by atoms with Crippen LogP contribution in [0.2, 0.25) is 0 Å². The fourth-order valence-corrected chi connectivity index (χ4v) is 3.50. The molecule has 0 spiro atoms. The lowest BCUT2D eigenvalue weighted by atomic mass is 9.91. The lowest BCUT2D eigenvalue weighted by Gasteiger charge is -2.22. The number of nitrogens with one attached hydrogen (secondary N) is 1. The monoisotopic (exact) mass is 379 g/mol. The van der Waals surface area contributed by atoms with Crippen LogP contribution >= 0.6 is 0 Å². The van der Waals surface area contributed by atoms with E-state index < -0.39 is 0 Å². The van der Waals surface area contributed by atoms with Crippen molar-refractivity contribution in [3.05, 3.63) is 71.3 Å². The number of hydrogen-bond acceptors (Lipinski definition) is 4. The van der Waals surface area contributed by atoms with Gasteiger partial charge < -0.3 is 10.2 Å². The van der Waals surface area contributed by atoms with Crippen LogP contribution in [0.4, 0.5) is 16.0 Å². The summed E-state index contributed by atoms with van der Waals surface area (Å²) in [5.74, 6) is 1.25. The maximum absolute atomic E-state index is 13.3. The van der Waals surface area contributed by atoms with Gasteiger partial charge in [0.2, 0.25) is 5.95 Å². The van der Waals surface area contributed by atoms with Gasteiger partial charge in [-0.3, -0.25) is 4.79 Å². The van der Waals surface area contributed by atoms with E-state index in [4.69, 9.17) is 0 Å². The molecule has 1 N–H and O–H groups in total. The Morgan fingerprint density at radius 3 is 2.54 bits per heavy atom. The molecule has 0 saturated carbocycles. The van der Waals surface area contributed by atoms with Crippen molar-refractivity contribution in [1.29, 1.82) is 0 Å². The summed E-state index contributed by atoms with van der Waals surface area (Å²) in [5, 5.41) is 7.78. The number of aromatic nitrogens is 3. The average Bonchev–Trinajstić information content (AvgIpc) is 3.11. The van der Waals surface area contributed by atoms with E-state index >= 15 is 0 Å². The van der Waals surface area contributed by atoms with E-state index in [1.165, 1.54) is 12.1 Å². The zero-order valence-electron chi connectivity index (χ0n) is 15.9. The summed E-state index contributed by atoms with van der Waals surface area (Å²) in [6.07, 6.45) is 1.96. The smallest absolute Gasteiger partial charge is 0.253 e. The molecule has 0 bridgehead atoms. The molecular formula is C21H22FN5O. The van der Waals surface area contributed by atoms with Gasteiger partial charge >= 0.3 is 0 Å². The number of carbonyl (C=O) groups is 1. The topological polar surface area (TPSA) is 63.1 Å². The van der Waals surface area contributed by atoms with E-state index in [0.717, 1.165) is 36.5 Å². The molecule has 1 aliphatic rings. The van der Waals surface area contributed by atoms with Gasteiger partial charge in [-0.1, -0.05) is 12.1 Å². The van der Waals surface area contributed by atoms with Crippen LogP contribution in [0.3, 0.4) is 0 Å². The van der Waals surface area contributed by atoms with Crippen LogP contribution < -0.4 is 5.32 Å². The summed E-state index contributed by atoms with van der Waals surface area (Å²) in [6, 6.07) is 13.9. The number of halogens is 1. The fraction of sp³-hybridized carbons (Fsp3) is 0.286. The number of amides is 1. The van der Waals surface area contributed by atoms with Crippen LogP contribution in [0.1, 0.15) is 40.5 Å².